The van der Waals surface area contributed by atoms with E-state index < -0.39 is 0 Å². The zero-order valence-corrected chi connectivity index (χ0v) is 15.2. The molecule has 0 amide bonds. The van der Waals surface area contributed by atoms with E-state index in [1.807, 2.05) is 5.51 Å². The van der Waals surface area contributed by atoms with E-state index >= 15 is 0 Å². The summed E-state index contributed by atoms with van der Waals surface area (Å²) in [6, 6.07) is 10.9. The molecule has 24 heavy (non-hydrogen) atoms. The van der Waals surface area contributed by atoms with Crippen LogP contribution in [-0.2, 0) is 13.1 Å². The molecule has 2 saturated heterocycles. The van der Waals surface area contributed by atoms with Gasteiger partial charge in [0.1, 0.15) is 0 Å². The zero-order chi connectivity index (χ0) is 16.2. The summed E-state index contributed by atoms with van der Waals surface area (Å²) in [5.41, 5.74) is 5.15. The zero-order valence-electron chi connectivity index (χ0n) is 14.4. The van der Waals surface area contributed by atoms with Crippen molar-refractivity contribution in [2.24, 2.45) is 5.41 Å². The van der Waals surface area contributed by atoms with Crippen LogP contribution in [0.2, 0.25) is 0 Å². The number of likely N-dealkylation sites (tertiary alicyclic amines) is 2. The molecule has 2 aliphatic rings. The number of hydrogen-bond donors (Lipinski definition) is 0. The van der Waals surface area contributed by atoms with Crippen molar-refractivity contribution in [2.45, 2.75) is 38.8 Å². The van der Waals surface area contributed by atoms with Gasteiger partial charge in [-0.25, -0.2) is 4.98 Å². The molecule has 2 fully saturated rings. The standard InChI is InChI=1S/C20H27N3S/c1-2-6-18(7-3-1)12-22-10-4-8-20(15-22)9-5-11-23(16-20)13-19-14-24-17-21-19/h1-3,6-7,14,17H,4-5,8-13,15-16H2. The van der Waals surface area contributed by atoms with E-state index in [9.17, 15) is 0 Å². The number of rotatable bonds is 4. The summed E-state index contributed by atoms with van der Waals surface area (Å²) in [6.07, 6.45) is 5.47. The van der Waals surface area contributed by atoms with Gasteiger partial charge in [0.15, 0.2) is 0 Å². The molecule has 3 heterocycles. The molecular weight excluding hydrogens is 314 g/mol. The van der Waals surface area contributed by atoms with Gasteiger partial charge in [0.05, 0.1) is 11.2 Å². The van der Waals surface area contributed by atoms with Gasteiger partial charge in [-0.15, -0.1) is 11.3 Å². The molecule has 1 atom stereocenters. The average molecular weight is 342 g/mol. The molecule has 0 bridgehead atoms. The van der Waals surface area contributed by atoms with E-state index in [-0.39, 0.29) is 0 Å². The highest BCUT2D eigenvalue weighted by Crippen LogP contribution is 2.39. The van der Waals surface area contributed by atoms with Crippen molar-refractivity contribution < 1.29 is 0 Å². The molecule has 1 aromatic carbocycles. The summed E-state index contributed by atoms with van der Waals surface area (Å²) in [4.78, 5) is 9.81. The monoisotopic (exact) mass is 341 g/mol. The topological polar surface area (TPSA) is 19.4 Å². The summed E-state index contributed by atoms with van der Waals surface area (Å²) in [6.45, 7) is 7.13. The SMILES string of the molecule is c1ccc(CN2CCCC3(CCCN(Cc4cscn4)C3)C2)cc1. The predicted molar refractivity (Wildman–Crippen MR) is 100 cm³/mol. The fraction of sp³-hybridized carbons (Fsp3) is 0.550. The Kier molecular flexibility index (Phi) is 4.97. The van der Waals surface area contributed by atoms with Crippen LogP contribution in [0.5, 0.6) is 0 Å². The summed E-state index contributed by atoms with van der Waals surface area (Å²) < 4.78 is 0. The number of aromatic nitrogens is 1. The number of thiazole rings is 1. The van der Waals surface area contributed by atoms with Crippen LogP contribution in [0.1, 0.15) is 36.9 Å². The molecule has 0 saturated carbocycles. The van der Waals surface area contributed by atoms with Gasteiger partial charge in [0, 0.05) is 31.6 Å². The number of hydrogen-bond acceptors (Lipinski definition) is 4. The van der Waals surface area contributed by atoms with E-state index in [0.29, 0.717) is 5.41 Å². The Morgan fingerprint density at radius 3 is 2.33 bits per heavy atom. The average Bonchev–Trinajstić information content (AvgIpc) is 3.09. The summed E-state index contributed by atoms with van der Waals surface area (Å²) in [7, 11) is 0. The molecule has 0 aliphatic carbocycles. The lowest BCUT2D eigenvalue weighted by atomic mass is 9.73. The lowest BCUT2D eigenvalue weighted by molar-refractivity contribution is 0.00742. The minimum Gasteiger partial charge on any atom is -0.298 e. The van der Waals surface area contributed by atoms with Gasteiger partial charge < -0.3 is 0 Å². The molecule has 1 spiro atoms. The first-order valence-corrected chi connectivity index (χ1v) is 10.1. The predicted octanol–water partition coefficient (Wildman–Crippen LogP) is 4.02. The van der Waals surface area contributed by atoms with E-state index in [1.165, 1.54) is 63.1 Å². The first kappa shape index (κ1) is 16.2. The highest BCUT2D eigenvalue weighted by atomic mass is 32.1. The van der Waals surface area contributed by atoms with E-state index in [4.69, 9.17) is 0 Å². The normalized spacial score (nSPS) is 26.0. The Labute approximate surface area is 149 Å². The molecular formula is C20H27N3S. The number of piperidine rings is 2. The quantitative estimate of drug-likeness (QED) is 0.837. The van der Waals surface area contributed by atoms with Gasteiger partial charge in [0.2, 0.25) is 0 Å². The van der Waals surface area contributed by atoms with E-state index in [0.717, 1.165) is 13.1 Å². The molecule has 3 nitrogen and oxygen atoms in total. The molecule has 2 aromatic rings. The summed E-state index contributed by atoms with van der Waals surface area (Å²) >= 11 is 1.71. The van der Waals surface area contributed by atoms with Crippen LogP contribution in [-0.4, -0.2) is 41.0 Å². The first-order chi connectivity index (χ1) is 11.8. The lowest BCUT2D eigenvalue weighted by Gasteiger charge is -2.48. The Bertz CT molecular complexity index is 624. The van der Waals surface area contributed by atoms with Crippen molar-refractivity contribution in [3.8, 4) is 0 Å². The molecule has 4 rings (SSSR count). The molecule has 0 N–H and O–H groups in total. The second-order valence-electron chi connectivity index (χ2n) is 7.59. The van der Waals surface area contributed by atoms with Crippen molar-refractivity contribution in [2.75, 3.05) is 26.2 Å². The van der Waals surface area contributed by atoms with Crippen LogP contribution >= 0.6 is 11.3 Å². The Balaban J connectivity index is 1.40. The second-order valence-corrected chi connectivity index (χ2v) is 8.31. The summed E-state index contributed by atoms with van der Waals surface area (Å²) in [5.74, 6) is 0. The minimum absolute atomic E-state index is 0.501. The van der Waals surface area contributed by atoms with Crippen molar-refractivity contribution in [1.82, 2.24) is 14.8 Å². The van der Waals surface area contributed by atoms with Gasteiger partial charge in [-0.1, -0.05) is 30.3 Å². The maximum absolute atomic E-state index is 4.48. The van der Waals surface area contributed by atoms with Crippen LogP contribution in [0.4, 0.5) is 0 Å². The smallest absolute Gasteiger partial charge is 0.0795 e. The minimum atomic E-state index is 0.501. The third-order valence-corrected chi connectivity index (χ3v) is 6.23. The van der Waals surface area contributed by atoms with Gasteiger partial charge in [0.25, 0.3) is 0 Å². The van der Waals surface area contributed by atoms with E-state index in [2.05, 4.69) is 50.5 Å². The molecule has 1 aromatic heterocycles. The number of nitrogens with zero attached hydrogens (tertiary/aromatic N) is 3. The first-order valence-electron chi connectivity index (χ1n) is 9.17. The molecule has 1 unspecified atom stereocenters. The van der Waals surface area contributed by atoms with Gasteiger partial charge in [-0.2, -0.15) is 0 Å². The highest BCUT2D eigenvalue weighted by Gasteiger charge is 2.39. The van der Waals surface area contributed by atoms with E-state index in [1.54, 1.807) is 11.3 Å². The van der Waals surface area contributed by atoms with Crippen LogP contribution < -0.4 is 0 Å². The number of benzene rings is 1. The van der Waals surface area contributed by atoms with Crippen LogP contribution in [0.15, 0.2) is 41.2 Å². The fourth-order valence-electron chi connectivity index (χ4n) is 4.61. The van der Waals surface area contributed by atoms with Gasteiger partial charge >= 0.3 is 0 Å². The molecule has 2 aliphatic heterocycles. The molecule has 128 valence electrons. The second kappa shape index (κ2) is 7.34. The third kappa shape index (κ3) is 3.88. The van der Waals surface area contributed by atoms with Crippen LogP contribution in [0.3, 0.4) is 0 Å². The van der Waals surface area contributed by atoms with Crippen molar-refractivity contribution in [3.63, 3.8) is 0 Å². The highest BCUT2D eigenvalue weighted by molar-refractivity contribution is 7.07. The Morgan fingerprint density at radius 2 is 1.67 bits per heavy atom. The Hall–Kier alpha value is -1.23. The maximum Gasteiger partial charge on any atom is 0.0795 e. The molecule has 0 radical (unpaired) electrons. The lowest BCUT2D eigenvalue weighted by Crippen LogP contribution is -2.51. The third-order valence-electron chi connectivity index (χ3n) is 5.60. The largest absolute Gasteiger partial charge is 0.298 e. The van der Waals surface area contributed by atoms with Crippen molar-refractivity contribution >= 4 is 11.3 Å². The maximum atomic E-state index is 4.48. The Morgan fingerprint density at radius 1 is 0.958 bits per heavy atom. The fourth-order valence-corrected chi connectivity index (χ4v) is 5.16. The van der Waals surface area contributed by atoms with Crippen LogP contribution in [0, 0.1) is 5.41 Å². The van der Waals surface area contributed by atoms with Crippen molar-refractivity contribution in [1.29, 1.82) is 0 Å². The molecule has 4 heteroatoms. The van der Waals surface area contributed by atoms with Gasteiger partial charge in [-0.3, -0.25) is 9.80 Å². The summed E-state index contributed by atoms with van der Waals surface area (Å²) in [5, 5.41) is 2.20. The van der Waals surface area contributed by atoms with Gasteiger partial charge in [-0.05, 0) is 49.8 Å². The van der Waals surface area contributed by atoms with Crippen molar-refractivity contribution in [3.05, 3.63) is 52.5 Å². The van der Waals surface area contributed by atoms with Crippen LogP contribution in [0.25, 0.3) is 0 Å².